The Balaban J connectivity index is 2.11. The minimum atomic E-state index is 0.525. The molecule has 1 aliphatic rings. The Morgan fingerprint density at radius 1 is 1.53 bits per heavy atom. The van der Waals surface area contributed by atoms with E-state index in [4.69, 9.17) is 10.5 Å². The molecule has 17 heavy (non-hydrogen) atoms. The van der Waals surface area contributed by atoms with Crippen LogP contribution in [0.5, 0.6) is 0 Å². The Morgan fingerprint density at radius 2 is 2.35 bits per heavy atom. The second kappa shape index (κ2) is 5.85. The molecule has 1 aromatic rings. The van der Waals surface area contributed by atoms with Crippen molar-refractivity contribution in [2.45, 2.75) is 25.9 Å². The van der Waals surface area contributed by atoms with Gasteiger partial charge in [-0.2, -0.15) is 0 Å². The predicted octanol–water partition coefficient (Wildman–Crippen LogP) is 2.64. The second-order valence-corrected chi connectivity index (χ2v) is 5.22. The minimum absolute atomic E-state index is 0.525. The highest BCUT2D eigenvalue weighted by Gasteiger charge is 2.22. The van der Waals surface area contributed by atoms with Crippen LogP contribution >= 0.6 is 15.9 Å². The number of halogens is 1. The zero-order valence-corrected chi connectivity index (χ0v) is 11.7. The standard InChI is InChI=1S/C13H19BrN2O/c1-2-11-9-17-7-6-16(11)8-10-4-3-5-12(15)13(10)14/h3-5,11H,2,6-9,15H2,1H3. The Bertz CT molecular complexity index is 384. The van der Waals surface area contributed by atoms with Crippen molar-refractivity contribution in [3.8, 4) is 0 Å². The molecule has 1 unspecified atom stereocenters. The van der Waals surface area contributed by atoms with Gasteiger partial charge in [0.15, 0.2) is 0 Å². The average Bonchev–Trinajstić information content (AvgIpc) is 2.35. The molecular weight excluding hydrogens is 280 g/mol. The van der Waals surface area contributed by atoms with Crippen molar-refractivity contribution in [2.75, 3.05) is 25.5 Å². The van der Waals surface area contributed by atoms with Crippen LogP contribution in [0.1, 0.15) is 18.9 Å². The lowest BCUT2D eigenvalue weighted by Gasteiger charge is -2.35. The predicted molar refractivity (Wildman–Crippen MR) is 73.9 cm³/mol. The van der Waals surface area contributed by atoms with Gasteiger partial charge >= 0.3 is 0 Å². The molecule has 0 saturated carbocycles. The van der Waals surface area contributed by atoms with Gasteiger partial charge in [0, 0.05) is 29.3 Å². The summed E-state index contributed by atoms with van der Waals surface area (Å²) in [6.45, 7) is 5.82. The Morgan fingerprint density at radius 3 is 3.12 bits per heavy atom. The van der Waals surface area contributed by atoms with Crippen LogP contribution in [-0.4, -0.2) is 30.7 Å². The number of benzene rings is 1. The van der Waals surface area contributed by atoms with Crippen molar-refractivity contribution in [1.29, 1.82) is 0 Å². The summed E-state index contributed by atoms with van der Waals surface area (Å²) in [5.41, 5.74) is 7.97. The molecule has 1 heterocycles. The molecule has 1 aliphatic heterocycles. The van der Waals surface area contributed by atoms with Crippen LogP contribution in [0.2, 0.25) is 0 Å². The molecule has 0 aliphatic carbocycles. The summed E-state index contributed by atoms with van der Waals surface area (Å²) < 4.78 is 6.55. The second-order valence-electron chi connectivity index (χ2n) is 4.43. The number of hydrogen-bond acceptors (Lipinski definition) is 3. The van der Waals surface area contributed by atoms with Gasteiger partial charge < -0.3 is 10.5 Å². The fourth-order valence-electron chi connectivity index (χ4n) is 2.21. The molecule has 2 N–H and O–H groups in total. The highest BCUT2D eigenvalue weighted by atomic mass is 79.9. The molecular formula is C13H19BrN2O. The molecule has 1 saturated heterocycles. The zero-order chi connectivity index (χ0) is 12.3. The van der Waals surface area contributed by atoms with E-state index in [1.807, 2.05) is 12.1 Å². The van der Waals surface area contributed by atoms with E-state index in [1.54, 1.807) is 0 Å². The lowest BCUT2D eigenvalue weighted by atomic mass is 10.1. The van der Waals surface area contributed by atoms with Crippen molar-refractivity contribution in [3.05, 3.63) is 28.2 Å². The molecule has 2 rings (SSSR count). The highest BCUT2D eigenvalue weighted by molar-refractivity contribution is 9.10. The summed E-state index contributed by atoms with van der Waals surface area (Å²) in [5, 5.41) is 0. The number of morpholine rings is 1. The van der Waals surface area contributed by atoms with Gasteiger partial charge in [-0.1, -0.05) is 19.1 Å². The monoisotopic (exact) mass is 298 g/mol. The highest BCUT2D eigenvalue weighted by Crippen LogP contribution is 2.26. The minimum Gasteiger partial charge on any atom is -0.398 e. The van der Waals surface area contributed by atoms with Gasteiger partial charge in [-0.15, -0.1) is 0 Å². The molecule has 4 heteroatoms. The molecule has 0 bridgehead atoms. The quantitative estimate of drug-likeness (QED) is 0.872. The first-order valence-corrected chi connectivity index (χ1v) is 6.86. The van der Waals surface area contributed by atoms with Gasteiger partial charge in [0.05, 0.1) is 13.2 Å². The maximum absolute atomic E-state index is 5.90. The van der Waals surface area contributed by atoms with Gasteiger partial charge in [-0.3, -0.25) is 4.90 Å². The van der Waals surface area contributed by atoms with E-state index in [0.29, 0.717) is 6.04 Å². The molecule has 0 radical (unpaired) electrons. The van der Waals surface area contributed by atoms with Gasteiger partial charge in [0.2, 0.25) is 0 Å². The maximum atomic E-state index is 5.90. The van der Waals surface area contributed by atoms with Crippen LogP contribution in [0.25, 0.3) is 0 Å². The molecule has 1 atom stereocenters. The van der Waals surface area contributed by atoms with Crippen LogP contribution in [-0.2, 0) is 11.3 Å². The lowest BCUT2D eigenvalue weighted by Crippen LogP contribution is -2.44. The molecule has 1 fully saturated rings. The number of nitrogen functional groups attached to an aromatic ring is 1. The molecule has 0 amide bonds. The number of ether oxygens (including phenoxy) is 1. The van der Waals surface area contributed by atoms with Crippen LogP contribution in [0.15, 0.2) is 22.7 Å². The average molecular weight is 299 g/mol. The van der Waals surface area contributed by atoms with Crippen LogP contribution in [0.3, 0.4) is 0 Å². The van der Waals surface area contributed by atoms with Crippen molar-refractivity contribution >= 4 is 21.6 Å². The van der Waals surface area contributed by atoms with Crippen molar-refractivity contribution in [2.24, 2.45) is 0 Å². The summed E-state index contributed by atoms with van der Waals surface area (Å²) in [4.78, 5) is 2.48. The van der Waals surface area contributed by atoms with E-state index in [1.165, 1.54) is 5.56 Å². The van der Waals surface area contributed by atoms with E-state index < -0.39 is 0 Å². The summed E-state index contributed by atoms with van der Waals surface area (Å²) in [6.07, 6.45) is 1.12. The normalized spacial score (nSPS) is 21.6. The first-order valence-electron chi connectivity index (χ1n) is 6.07. The zero-order valence-electron chi connectivity index (χ0n) is 10.2. The fraction of sp³-hybridized carbons (Fsp3) is 0.538. The fourth-order valence-corrected chi connectivity index (χ4v) is 2.60. The smallest absolute Gasteiger partial charge is 0.0622 e. The van der Waals surface area contributed by atoms with E-state index >= 15 is 0 Å². The van der Waals surface area contributed by atoms with Crippen molar-refractivity contribution < 1.29 is 4.74 Å². The third-order valence-electron chi connectivity index (χ3n) is 3.30. The number of nitrogens with two attached hydrogens (primary N) is 1. The summed E-state index contributed by atoms with van der Waals surface area (Å²) in [6, 6.07) is 6.58. The summed E-state index contributed by atoms with van der Waals surface area (Å²) in [5.74, 6) is 0. The Kier molecular flexibility index (Phi) is 4.42. The topological polar surface area (TPSA) is 38.5 Å². The summed E-state index contributed by atoms with van der Waals surface area (Å²) >= 11 is 3.57. The SMILES string of the molecule is CCC1COCCN1Cc1cccc(N)c1Br. The van der Waals surface area contributed by atoms with Gasteiger partial charge in [-0.05, 0) is 34.0 Å². The van der Waals surface area contributed by atoms with Crippen LogP contribution in [0, 0.1) is 0 Å². The van der Waals surface area contributed by atoms with E-state index in [2.05, 4.69) is 33.8 Å². The van der Waals surface area contributed by atoms with Gasteiger partial charge in [-0.25, -0.2) is 0 Å². The van der Waals surface area contributed by atoms with Gasteiger partial charge in [0.25, 0.3) is 0 Å². The number of hydrogen-bond donors (Lipinski definition) is 1. The molecule has 3 nitrogen and oxygen atoms in total. The molecule has 0 spiro atoms. The van der Waals surface area contributed by atoms with E-state index in [0.717, 1.165) is 42.9 Å². The number of anilines is 1. The number of nitrogens with zero attached hydrogens (tertiary/aromatic N) is 1. The summed E-state index contributed by atoms with van der Waals surface area (Å²) in [7, 11) is 0. The van der Waals surface area contributed by atoms with Crippen molar-refractivity contribution in [3.63, 3.8) is 0 Å². The van der Waals surface area contributed by atoms with Crippen molar-refractivity contribution in [1.82, 2.24) is 4.90 Å². The first-order chi connectivity index (χ1) is 8.22. The maximum Gasteiger partial charge on any atom is 0.0622 e. The Labute approximate surface area is 111 Å². The third kappa shape index (κ3) is 3.00. The third-order valence-corrected chi connectivity index (χ3v) is 4.27. The number of rotatable bonds is 3. The Hall–Kier alpha value is -0.580. The molecule has 1 aromatic carbocycles. The first kappa shape index (κ1) is 12.9. The largest absolute Gasteiger partial charge is 0.398 e. The van der Waals surface area contributed by atoms with E-state index in [-0.39, 0.29) is 0 Å². The lowest BCUT2D eigenvalue weighted by molar-refractivity contribution is -0.0128. The van der Waals surface area contributed by atoms with Gasteiger partial charge in [0.1, 0.15) is 0 Å². The molecule has 94 valence electrons. The van der Waals surface area contributed by atoms with Crippen LogP contribution < -0.4 is 5.73 Å². The van der Waals surface area contributed by atoms with E-state index in [9.17, 15) is 0 Å². The molecule has 0 aromatic heterocycles. The van der Waals surface area contributed by atoms with Crippen LogP contribution in [0.4, 0.5) is 5.69 Å².